The SMILES string of the molecule is Cc1ccc(S(=O)(=O)n2ccnc2-c2cc(Cl)c(OC(C)C)c(Cl)c2)cc1. The Hall–Kier alpha value is -2.02. The highest BCUT2D eigenvalue weighted by molar-refractivity contribution is 7.90. The summed E-state index contributed by atoms with van der Waals surface area (Å²) in [5, 5.41) is 0.571. The fourth-order valence-corrected chi connectivity index (χ4v) is 4.43. The second-order valence-electron chi connectivity index (χ2n) is 6.30. The van der Waals surface area contributed by atoms with E-state index in [1.807, 2.05) is 20.8 Å². The quantitative estimate of drug-likeness (QED) is 0.565. The number of aryl methyl sites for hydroxylation is 1. The van der Waals surface area contributed by atoms with Gasteiger partial charge >= 0.3 is 0 Å². The van der Waals surface area contributed by atoms with Crippen molar-refractivity contribution in [3.05, 3.63) is 64.4 Å². The second-order valence-corrected chi connectivity index (χ2v) is 8.93. The highest BCUT2D eigenvalue weighted by atomic mass is 35.5. The first-order chi connectivity index (χ1) is 12.7. The molecular weight excluding hydrogens is 407 g/mol. The van der Waals surface area contributed by atoms with E-state index in [1.54, 1.807) is 36.4 Å². The lowest BCUT2D eigenvalue weighted by Crippen LogP contribution is -2.13. The summed E-state index contributed by atoms with van der Waals surface area (Å²) in [6.07, 6.45) is 2.71. The van der Waals surface area contributed by atoms with Crippen molar-refractivity contribution < 1.29 is 13.2 Å². The average Bonchev–Trinajstić information content (AvgIpc) is 3.09. The van der Waals surface area contributed by atoms with Crippen LogP contribution in [0.5, 0.6) is 5.75 Å². The van der Waals surface area contributed by atoms with Crippen LogP contribution in [-0.2, 0) is 10.0 Å². The number of hydrogen-bond donors (Lipinski definition) is 0. The van der Waals surface area contributed by atoms with Gasteiger partial charge in [0.25, 0.3) is 10.0 Å². The van der Waals surface area contributed by atoms with Gasteiger partial charge in [-0.1, -0.05) is 40.9 Å². The minimum atomic E-state index is -3.81. The first-order valence-electron chi connectivity index (χ1n) is 8.22. The van der Waals surface area contributed by atoms with Gasteiger partial charge in [0, 0.05) is 18.0 Å². The number of halogens is 2. The van der Waals surface area contributed by atoms with E-state index in [-0.39, 0.29) is 26.9 Å². The van der Waals surface area contributed by atoms with Crippen LogP contribution in [0.2, 0.25) is 10.0 Å². The summed E-state index contributed by atoms with van der Waals surface area (Å²) >= 11 is 12.6. The van der Waals surface area contributed by atoms with E-state index in [0.29, 0.717) is 11.3 Å². The molecule has 27 heavy (non-hydrogen) atoms. The number of benzene rings is 2. The van der Waals surface area contributed by atoms with Gasteiger partial charge < -0.3 is 4.74 Å². The summed E-state index contributed by atoms with van der Waals surface area (Å²) in [5.41, 5.74) is 1.45. The third-order valence-electron chi connectivity index (χ3n) is 3.80. The van der Waals surface area contributed by atoms with Gasteiger partial charge in [-0.3, -0.25) is 0 Å². The highest BCUT2D eigenvalue weighted by Gasteiger charge is 2.22. The normalized spacial score (nSPS) is 11.8. The fraction of sp³-hybridized carbons (Fsp3) is 0.211. The van der Waals surface area contributed by atoms with Gasteiger partial charge in [-0.05, 0) is 45.0 Å². The van der Waals surface area contributed by atoms with Crippen LogP contribution < -0.4 is 4.74 Å². The Labute approximate surface area is 168 Å². The molecule has 0 aliphatic heterocycles. The maximum atomic E-state index is 13.0. The van der Waals surface area contributed by atoms with Crippen LogP contribution in [0.1, 0.15) is 19.4 Å². The Morgan fingerprint density at radius 1 is 1.07 bits per heavy atom. The van der Waals surface area contributed by atoms with E-state index in [2.05, 4.69) is 4.98 Å². The van der Waals surface area contributed by atoms with Crippen molar-refractivity contribution in [3.8, 4) is 17.1 Å². The fourth-order valence-electron chi connectivity index (χ4n) is 2.55. The number of aromatic nitrogens is 2. The van der Waals surface area contributed by atoms with Crippen LogP contribution in [0, 0.1) is 6.92 Å². The third kappa shape index (κ3) is 3.98. The Kier molecular flexibility index (Phi) is 5.51. The van der Waals surface area contributed by atoms with E-state index < -0.39 is 10.0 Å². The second kappa shape index (κ2) is 7.54. The van der Waals surface area contributed by atoms with Crippen LogP contribution in [0.25, 0.3) is 11.4 Å². The largest absolute Gasteiger partial charge is 0.488 e. The summed E-state index contributed by atoms with van der Waals surface area (Å²) in [4.78, 5) is 4.36. The first kappa shape index (κ1) is 19.7. The van der Waals surface area contributed by atoms with Crippen LogP contribution in [0.4, 0.5) is 0 Å². The lowest BCUT2D eigenvalue weighted by atomic mass is 10.2. The molecule has 3 aromatic rings. The van der Waals surface area contributed by atoms with E-state index in [9.17, 15) is 8.42 Å². The van der Waals surface area contributed by atoms with Crippen molar-refractivity contribution in [2.45, 2.75) is 31.8 Å². The standard InChI is InChI=1S/C19H18Cl2N2O3S/c1-12(2)26-18-16(20)10-14(11-17(18)21)19-22-8-9-23(19)27(24,25)15-6-4-13(3)5-7-15/h4-12H,1-3H3. The van der Waals surface area contributed by atoms with Crippen molar-refractivity contribution in [2.75, 3.05) is 0 Å². The van der Waals surface area contributed by atoms with Crippen molar-refractivity contribution in [1.82, 2.24) is 8.96 Å². The molecule has 0 bridgehead atoms. The number of ether oxygens (including phenoxy) is 1. The molecule has 0 saturated carbocycles. The molecule has 1 aromatic heterocycles. The van der Waals surface area contributed by atoms with Crippen molar-refractivity contribution in [1.29, 1.82) is 0 Å². The number of hydrogen-bond acceptors (Lipinski definition) is 4. The minimum absolute atomic E-state index is 0.102. The van der Waals surface area contributed by atoms with Gasteiger partial charge in [0.1, 0.15) is 0 Å². The monoisotopic (exact) mass is 424 g/mol. The average molecular weight is 425 g/mol. The first-order valence-corrected chi connectivity index (χ1v) is 10.4. The van der Waals surface area contributed by atoms with Crippen molar-refractivity contribution >= 4 is 33.2 Å². The van der Waals surface area contributed by atoms with Crippen LogP contribution in [0.15, 0.2) is 53.7 Å². The van der Waals surface area contributed by atoms with Gasteiger partial charge in [0.2, 0.25) is 0 Å². The van der Waals surface area contributed by atoms with E-state index in [1.165, 1.54) is 12.4 Å². The number of imidazole rings is 1. The summed E-state index contributed by atoms with van der Waals surface area (Å²) in [6.45, 7) is 5.62. The zero-order chi connectivity index (χ0) is 19.8. The van der Waals surface area contributed by atoms with Gasteiger partial charge in [0.05, 0.1) is 21.0 Å². The summed E-state index contributed by atoms with van der Waals surface area (Å²) < 4.78 is 32.8. The molecule has 0 unspecified atom stereocenters. The van der Waals surface area contributed by atoms with E-state index in [4.69, 9.17) is 27.9 Å². The van der Waals surface area contributed by atoms with Crippen LogP contribution >= 0.6 is 23.2 Å². The van der Waals surface area contributed by atoms with E-state index in [0.717, 1.165) is 9.54 Å². The van der Waals surface area contributed by atoms with Crippen molar-refractivity contribution in [3.63, 3.8) is 0 Å². The summed E-state index contributed by atoms with van der Waals surface area (Å²) in [7, 11) is -3.81. The van der Waals surface area contributed by atoms with Gasteiger partial charge in [0.15, 0.2) is 11.6 Å². The Balaban J connectivity index is 2.09. The maximum absolute atomic E-state index is 13.0. The third-order valence-corrected chi connectivity index (χ3v) is 6.04. The molecule has 0 atom stereocenters. The maximum Gasteiger partial charge on any atom is 0.269 e. The van der Waals surface area contributed by atoms with E-state index >= 15 is 0 Å². The molecule has 5 nitrogen and oxygen atoms in total. The lowest BCUT2D eigenvalue weighted by molar-refractivity contribution is 0.243. The molecule has 0 spiro atoms. The zero-order valence-corrected chi connectivity index (χ0v) is 17.3. The number of rotatable bonds is 5. The molecule has 3 rings (SSSR count). The smallest absolute Gasteiger partial charge is 0.269 e. The molecule has 0 fully saturated rings. The summed E-state index contributed by atoms with van der Waals surface area (Å²) in [5.74, 6) is 0.576. The predicted molar refractivity (Wildman–Crippen MR) is 107 cm³/mol. The Bertz CT molecular complexity index is 1050. The highest BCUT2D eigenvalue weighted by Crippen LogP contribution is 2.38. The molecule has 0 radical (unpaired) electrons. The minimum Gasteiger partial charge on any atom is -0.488 e. The topological polar surface area (TPSA) is 61.2 Å². The summed E-state index contributed by atoms with van der Waals surface area (Å²) in [6, 6.07) is 9.80. The van der Waals surface area contributed by atoms with Crippen molar-refractivity contribution in [2.24, 2.45) is 0 Å². The zero-order valence-electron chi connectivity index (χ0n) is 15.0. The molecule has 1 heterocycles. The predicted octanol–water partition coefficient (Wildman–Crippen LogP) is 5.19. The Morgan fingerprint density at radius 2 is 1.67 bits per heavy atom. The van der Waals surface area contributed by atoms with Gasteiger partial charge in [-0.15, -0.1) is 0 Å². The molecular formula is C19H18Cl2N2O3S. The van der Waals surface area contributed by atoms with Gasteiger partial charge in [-0.25, -0.2) is 17.4 Å². The molecule has 0 saturated heterocycles. The Morgan fingerprint density at radius 3 is 2.22 bits per heavy atom. The molecule has 8 heteroatoms. The number of nitrogens with zero attached hydrogens (tertiary/aromatic N) is 2. The van der Waals surface area contributed by atoms with Gasteiger partial charge in [-0.2, -0.15) is 0 Å². The molecule has 0 aliphatic carbocycles. The molecule has 0 aliphatic rings. The molecule has 0 amide bonds. The lowest BCUT2D eigenvalue weighted by Gasteiger charge is -2.15. The van der Waals surface area contributed by atoms with Crippen LogP contribution in [0.3, 0.4) is 0 Å². The molecule has 0 N–H and O–H groups in total. The van der Waals surface area contributed by atoms with Crippen LogP contribution in [-0.4, -0.2) is 23.5 Å². The molecule has 142 valence electrons. The molecule has 2 aromatic carbocycles.